The molecular weight excluding hydrogens is 444 g/mol. The summed E-state index contributed by atoms with van der Waals surface area (Å²) in [5.74, 6) is 0.755. The van der Waals surface area contributed by atoms with E-state index in [1.807, 2.05) is 18.2 Å². The molecule has 0 aliphatic rings. The van der Waals surface area contributed by atoms with Crippen LogP contribution in [0.5, 0.6) is 0 Å². The van der Waals surface area contributed by atoms with Crippen LogP contribution >= 0.6 is 11.3 Å². The zero-order chi connectivity index (χ0) is 23.2. The first-order chi connectivity index (χ1) is 17.3. The maximum absolute atomic E-state index is 5.15. The van der Waals surface area contributed by atoms with Gasteiger partial charge in [-0.05, 0) is 34.0 Å². The Kier molecular flexibility index (Phi) is 4.68. The van der Waals surface area contributed by atoms with Gasteiger partial charge in [0.25, 0.3) is 0 Å². The summed E-state index contributed by atoms with van der Waals surface area (Å²) in [7, 11) is 0. The fraction of sp³-hybridized carbons (Fsp3) is 0. The molecule has 7 aromatic rings. The van der Waals surface area contributed by atoms with Crippen molar-refractivity contribution < 1.29 is 0 Å². The van der Waals surface area contributed by atoms with Crippen molar-refractivity contribution in [1.29, 1.82) is 0 Å². The topological polar surface area (TPSA) is 25.8 Å². The summed E-state index contributed by atoms with van der Waals surface area (Å²) in [4.78, 5) is 10.3. The maximum Gasteiger partial charge on any atom is 0.160 e. The highest BCUT2D eigenvalue weighted by atomic mass is 32.1. The molecule has 0 radical (unpaired) electrons. The van der Waals surface area contributed by atoms with Crippen molar-refractivity contribution in [3.63, 3.8) is 0 Å². The molecule has 0 amide bonds. The minimum absolute atomic E-state index is 0.755. The second-order valence-corrected chi connectivity index (χ2v) is 9.70. The number of rotatable bonds is 3. The van der Waals surface area contributed by atoms with Crippen molar-refractivity contribution in [1.82, 2.24) is 9.97 Å². The summed E-state index contributed by atoms with van der Waals surface area (Å²) in [5, 5.41) is 3.67. The number of aromatic nitrogens is 2. The van der Waals surface area contributed by atoms with E-state index < -0.39 is 0 Å². The van der Waals surface area contributed by atoms with Crippen LogP contribution in [0, 0.1) is 0 Å². The molecule has 0 unspecified atom stereocenters. The van der Waals surface area contributed by atoms with E-state index in [0.29, 0.717) is 0 Å². The fourth-order valence-electron chi connectivity index (χ4n) is 4.80. The standard InChI is InChI=1S/C32H20N2S/c1-3-10-21(11-4-1)24-15-9-16-25(20-24)29-31-30(34-32(33-29)23-13-5-2-6-14-23)28-26-17-8-7-12-22(26)18-19-27(28)35-31/h1-20H. The molecule has 0 bridgehead atoms. The molecule has 0 spiro atoms. The third-order valence-electron chi connectivity index (χ3n) is 6.48. The van der Waals surface area contributed by atoms with Gasteiger partial charge in [-0.25, -0.2) is 9.97 Å². The first-order valence-corrected chi connectivity index (χ1v) is 12.5. The lowest BCUT2D eigenvalue weighted by Crippen LogP contribution is -1.93. The molecule has 2 heterocycles. The molecule has 0 saturated heterocycles. The van der Waals surface area contributed by atoms with Crippen LogP contribution in [0.1, 0.15) is 0 Å². The predicted molar refractivity (Wildman–Crippen MR) is 149 cm³/mol. The Morgan fingerprint density at radius 2 is 1.20 bits per heavy atom. The van der Waals surface area contributed by atoms with Crippen LogP contribution in [0.3, 0.4) is 0 Å². The average molecular weight is 465 g/mol. The van der Waals surface area contributed by atoms with Crippen LogP contribution in [-0.2, 0) is 0 Å². The van der Waals surface area contributed by atoms with Crippen molar-refractivity contribution in [3.05, 3.63) is 121 Å². The smallest absolute Gasteiger partial charge is 0.160 e. The highest BCUT2D eigenvalue weighted by molar-refractivity contribution is 7.26. The van der Waals surface area contributed by atoms with E-state index in [9.17, 15) is 0 Å². The van der Waals surface area contributed by atoms with E-state index in [1.165, 1.54) is 32.0 Å². The lowest BCUT2D eigenvalue weighted by atomic mass is 10.0. The van der Waals surface area contributed by atoms with Gasteiger partial charge in [0.1, 0.15) is 0 Å². The van der Waals surface area contributed by atoms with Gasteiger partial charge in [-0.2, -0.15) is 0 Å². The number of nitrogens with zero attached hydrogens (tertiary/aromatic N) is 2. The Labute approximate surface area is 207 Å². The van der Waals surface area contributed by atoms with Crippen molar-refractivity contribution in [2.24, 2.45) is 0 Å². The van der Waals surface area contributed by atoms with E-state index in [4.69, 9.17) is 9.97 Å². The summed E-state index contributed by atoms with van der Waals surface area (Å²) in [5.41, 5.74) is 6.52. The molecule has 7 rings (SSSR count). The fourth-order valence-corrected chi connectivity index (χ4v) is 5.97. The summed E-state index contributed by atoms with van der Waals surface area (Å²) in [6, 6.07) is 42.4. The average Bonchev–Trinajstić information content (AvgIpc) is 3.33. The summed E-state index contributed by atoms with van der Waals surface area (Å²) >= 11 is 1.78. The summed E-state index contributed by atoms with van der Waals surface area (Å²) < 4.78 is 2.36. The van der Waals surface area contributed by atoms with E-state index in [1.54, 1.807) is 11.3 Å². The molecule has 3 heteroatoms. The van der Waals surface area contributed by atoms with Gasteiger partial charge in [0.2, 0.25) is 0 Å². The zero-order valence-electron chi connectivity index (χ0n) is 18.8. The van der Waals surface area contributed by atoms with Crippen LogP contribution in [0.25, 0.3) is 64.8 Å². The van der Waals surface area contributed by atoms with E-state index in [0.717, 1.165) is 32.9 Å². The molecule has 0 N–H and O–H groups in total. The first-order valence-electron chi connectivity index (χ1n) is 11.7. The molecule has 5 aromatic carbocycles. The quantitative estimate of drug-likeness (QED) is 0.261. The monoisotopic (exact) mass is 464 g/mol. The number of benzene rings is 5. The molecule has 164 valence electrons. The number of fused-ring (bicyclic) bond motifs is 5. The van der Waals surface area contributed by atoms with Crippen molar-refractivity contribution in [2.75, 3.05) is 0 Å². The SMILES string of the molecule is c1ccc(-c2cccc(-c3nc(-c4ccccc4)nc4c3sc3ccc5ccccc5c34)c2)cc1. The highest BCUT2D eigenvalue weighted by Crippen LogP contribution is 2.42. The molecule has 2 nitrogen and oxygen atoms in total. The molecule has 0 aliphatic heterocycles. The van der Waals surface area contributed by atoms with Gasteiger partial charge in [-0.3, -0.25) is 0 Å². The third-order valence-corrected chi connectivity index (χ3v) is 7.63. The van der Waals surface area contributed by atoms with E-state index >= 15 is 0 Å². The van der Waals surface area contributed by atoms with Gasteiger partial charge in [0, 0.05) is 21.2 Å². The zero-order valence-corrected chi connectivity index (χ0v) is 19.7. The van der Waals surface area contributed by atoms with Crippen LogP contribution < -0.4 is 0 Å². The van der Waals surface area contributed by atoms with Crippen molar-refractivity contribution >= 4 is 42.4 Å². The third kappa shape index (κ3) is 3.40. The van der Waals surface area contributed by atoms with Gasteiger partial charge in [0.05, 0.1) is 15.9 Å². The predicted octanol–water partition coefficient (Wildman–Crippen LogP) is 9.00. The summed E-state index contributed by atoms with van der Waals surface area (Å²) in [6.45, 7) is 0. The van der Waals surface area contributed by atoms with Crippen LogP contribution in [0.4, 0.5) is 0 Å². The minimum Gasteiger partial charge on any atom is -0.226 e. The van der Waals surface area contributed by atoms with Crippen LogP contribution in [-0.4, -0.2) is 9.97 Å². The van der Waals surface area contributed by atoms with Crippen LogP contribution in [0.2, 0.25) is 0 Å². The molecule has 2 aromatic heterocycles. The van der Waals surface area contributed by atoms with Gasteiger partial charge < -0.3 is 0 Å². The Morgan fingerprint density at radius 3 is 2.03 bits per heavy atom. The Bertz CT molecular complexity index is 1840. The second kappa shape index (κ2) is 8.15. The minimum atomic E-state index is 0.755. The molecule has 0 saturated carbocycles. The highest BCUT2D eigenvalue weighted by Gasteiger charge is 2.18. The molecule has 0 atom stereocenters. The largest absolute Gasteiger partial charge is 0.226 e. The van der Waals surface area contributed by atoms with E-state index in [2.05, 4.69) is 103 Å². The van der Waals surface area contributed by atoms with Crippen LogP contribution in [0.15, 0.2) is 121 Å². The molecule has 0 aliphatic carbocycles. The lowest BCUT2D eigenvalue weighted by Gasteiger charge is -2.09. The van der Waals surface area contributed by atoms with Gasteiger partial charge >= 0.3 is 0 Å². The lowest BCUT2D eigenvalue weighted by molar-refractivity contribution is 1.24. The first kappa shape index (κ1) is 20.1. The number of hydrogen-bond acceptors (Lipinski definition) is 3. The normalized spacial score (nSPS) is 11.4. The molecule has 0 fully saturated rings. The van der Waals surface area contributed by atoms with Gasteiger partial charge in [-0.15, -0.1) is 11.3 Å². The number of hydrogen-bond donors (Lipinski definition) is 0. The number of thiophene rings is 1. The maximum atomic E-state index is 5.15. The Hall–Kier alpha value is -4.34. The molecular formula is C32H20N2S. The van der Waals surface area contributed by atoms with Crippen molar-refractivity contribution in [2.45, 2.75) is 0 Å². The second-order valence-electron chi connectivity index (χ2n) is 8.65. The van der Waals surface area contributed by atoms with Crippen molar-refractivity contribution in [3.8, 4) is 33.8 Å². The van der Waals surface area contributed by atoms with Gasteiger partial charge in [0.15, 0.2) is 5.82 Å². The Balaban J connectivity index is 1.57. The van der Waals surface area contributed by atoms with Gasteiger partial charge in [-0.1, -0.05) is 109 Å². The van der Waals surface area contributed by atoms with E-state index in [-0.39, 0.29) is 0 Å². The Morgan fingerprint density at radius 1 is 0.514 bits per heavy atom. The molecule has 35 heavy (non-hydrogen) atoms. The summed E-state index contributed by atoms with van der Waals surface area (Å²) in [6.07, 6.45) is 0.